The zero-order chi connectivity index (χ0) is 22.8. The fourth-order valence-corrected chi connectivity index (χ4v) is 4.29. The van der Waals surface area contributed by atoms with E-state index in [-0.39, 0.29) is 29.4 Å². The van der Waals surface area contributed by atoms with Gasteiger partial charge in [0.15, 0.2) is 0 Å². The van der Waals surface area contributed by atoms with E-state index >= 15 is 0 Å². The number of anilines is 1. The second-order valence-electron chi connectivity index (χ2n) is 7.14. The largest absolute Gasteiger partial charge is 0.437 e. The average molecular weight is 446 g/mol. The van der Waals surface area contributed by atoms with E-state index in [1.165, 1.54) is 35.6 Å². The van der Waals surface area contributed by atoms with Crippen LogP contribution in [0.3, 0.4) is 0 Å². The lowest BCUT2D eigenvalue weighted by atomic mass is 10.0. The molecule has 31 heavy (non-hydrogen) atoms. The molecular weight excluding hydrogens is 421 g/mol. The Bertz CT molecular complexity index is 1230. The van der Waals surface area contributed by atoms with Gasteiger partial charge in [-0.2, -0.15) is 4.98 Å². The minimum atomic E-state index is -3.60. The first-order valence-corrected chi connectivity index (χ1v) is 11.5. The molecule has 2 heterocycles. The Labute approximate surface area is 180 Å². The molecule has 1 amide bonds. The van der Waals surface area contributed by atoms with E-state index in [0.29, 0.717) is 29.4 Å². The van der Waals surface area contributed by atoms with E-state index in [4.69, 9.17) is 4.42 Å². The normalized spacial score (nSPS) is 11.5. The number of nitrogens with zero attached hydrogens (tertiary/aromatic N) is 2. The minimum Gasteiger partial charge on any atom is -0.437 e. The number of furan rings is 1. The summed E-state index contributed by atoms with van der Waals surface area (Å²) in [6.45, 7) is 5.62. The first-order chi connectivity index (χ1) is 14.7. The standard InChI is InChI=1S/C22H24FN3O4S/c1-5-6-7-12-26(31(4,28)29)20-14(2)13-17-18(21(27)24-3)19(30-22(17)25-20)15-8-10-16(23)11-9-15/h5,8-11,13H,1,6-7,12H2,2-4H3,(H,24,27). The highest BCUT2D eigenvalue weighted by Gasteiger charge is 2.26. The molecule has 0 saturated heterocycles. The van der Waals surface area contributed by atoms with E-state index in [9.17, 15) is 17.6 Å². The van der Waals surface area contributed by atoms with Crippen molar-refractivity contribution in [3.63, 3.8) is 0 Å². The summed E-state index contributed by atoms with van der Waals surface area (Å²) in [5.41, 5.74) is 1.45. The lowest BCUT2D eigenvalue weighted by molar-refractivity contribution is 0.0964. The summed E-state index contributed by atoms with van der Waals surface area (Å²) in [5.74, 6) is -0.336. The van der Waals surface area contributed by atoms with Crippen LogP contribution in [0.15, 0.2) is 47.4 Å². The molecule has 0 fully saturated rings. The fourth-order valence-electron chi connectivity index (χ4n) is 3.33. The van der Waals surface area contributed by atoms with Gasteiger partial charge >= 0.3 is 0 Å². The van der Waals surface area contributed by atoms with Gasteiger partial charge in [0.2, 0.25) is 15.7 Å². The lowest BCUT2D eigenvalue weighted by Crippen LogP contribution is -2.32. The maximum atomic E-state index is 13.4. The molecule has 7 nitrogen and oxygen atoms in total. The smallest absolute Gasteiger partial charge is 0.255 e. The van der Waals surface area contributed by atoms with Gasteiger partial charge in [0.1, 0.15) is 17.4 Å². The van der Waals surface area contributed by atoms with Crippen LogP contribution in [0.1, 0.15) is 28.8 Å². The Hall–Kier alpha value is -3.20. The molecule has 0 aliphatic heterocycles. The highest BCUT2D eigenvalue weighted by molar-refractivity contribution is 7.92. The zero-order valence-electron chi connectivity index (χ0n) is 17.6. The number of unbranched alkanes of at least 4 members (excludes halogenated alkanes) is 1. The molecule has 9 heteroatoms. The molecule has 0 spiro atoms. The van der Waals surface area contributed by atoms with Crippen LogP contribution >= 0.6 is 0 Å². The summed E-state index contributed by atoms with van der Waals surface area (Å²) in [4.78, 5) is 17.1. The van der Waals surface area contributed by atoms with Gasteiger partial charge in [0.05, 0.1) is 17.2 Å². The topological polar surface area (TPSA) is 92.5 Å². The van der Waals surface area contributed by atoms with Crippen molar-refractivity contribution >= 4 is 32.8 Å². The molecule has 0 atom stereocenters. The van der Waals surface area contributed by atoms with Crippen LogP contribution in [0.4, 0.5) is 10.2 Å². The number of nitrogens with one attached hydrogen (secondary N) is 1. The molecule has 1 N–H and O–H groups in total. The van der Waals surface area contributed by atoms with Gasteiger partial charge in [0, 0.05) is 19.2 Å². The van der Waals surface area contributed by atoms with Crippen LogP contribution in [-0.4, -0.2) is 39.2 Å². The molecular formula is C22H24FN3O4S. The monoisotopic (exact) mass is 445 g/mol. The Balaban J connectivity index is 2.22. The Morgan fingerprint density at radius 2 is 2.00 bits per heavy atom. The first kappa shape index (κ1) is 22.5. The molecule has 0 aliphatic rings. The number of amides is 1. The second kappa shape index (κ2) is 8.89. The van der Waals surface area contributed by atoms with Crippen molar-refractivity contribution in [2.75, 3.05) is 24.2 Å². The Morgan fingerprint density at radius 3 is 2.58 bits per heavy atom. The molecule has 0 aliphatic carbocycles. The molecule has 164 valence electrons. The predicted molar refractivity (Wildman–Crippen MR) is 119 cm³/mol. The summed E-state index contributed by atoms with van der Waals surface area (Å²) in [7, 11) is -2.10. The number of pyridine rings is 1. The first-order valence-electron chi connectivity index (χ1n) is 9.68. The van der Waals surface area contributed by atoms with E-state index in [1.807, 2.05) is 0 Å². The number of halogens is 1. The third-order valence-electron chi connectivity index (χ3n) is 4.81. The maximum absolute atomic E-state index is 13.4. The maximum Gasteiger partial charge on any atom is 0.255 e. The van der Waals surface area contributed by atoms with Crippen molar-refractivity contribution < 1.29 is 22.0 Å². The molecule has 0 bridgehead atoms. The predicted octanol–water partition coefficient (Wildman–Crippen LogP) is 4.03. The summed E-state index contributed by atoms with van der Waals surface area (Å²) in [6, 6.07) is 7.23. The average Bonchev–Trinajstić information content (AvgIpc) is 3.08. The number of hydrogen-bond donors (Lipinski definition) is 1. The van der Waals surface area contributed by atoms with Gasteiger partial charge in [-0.1, -0.05) is 6.08 Å². The van der Waals surface area contributed by atoms with Crippen LogP contribution in [0, 0.1) is 12.7 Å². The number of carbonyl (C=O) groups excluding carboxylic acids is 1. The highest BCUT2D eigenvalue weighted by atomic mass is 32.2. The number of aromatic nitrogens is 1. The molecule has 2 aromatic heterocycles. The van der Waals surface area contributed by atoms with Crippen LogP contribution in [0.5, 0.6) is 0 Å². The van der Waals surface area contributed by atoms with Gasteiger partial charge in [-0.15, -0.1) is 6.58 Å². The third-order valence-corrected chi connectivity index (χ3v) is 5.97. The lowest BCUT2D eigenvalue weighted by Gasteiger charge is -2.22. The van der Waals surface area contributed by atoms with Gasteiger partial charge in [-0.3, -0.25) is 9.10 Å². The SMILES string of the molecule is C=CCCCN(c1nc2oc(-c3ccc(F)cc3)c(C(=O)NC)c2cc1C)S(C)(=O)=O. The number of fused-ring (bicyclic) bond motifs is 1. The number of aryl methyl sites for hydroxylation is 1. The number of sulfonamides is 1. The molecule has 3 aromatic rings. The van der Waals surface area contributed by atoms with Crippen molar-refractivity contribution in [3.05, 3.63) is 59.9 Å². The number of benzene rings is 1. The van der Waals surface area contributed by atoms with Crippen LogP contribution in [-0.2, 0) is 10.0 Å². The molecule has 1 aromatic carbocycles. The van der Waals surface area contributed by atoms with E-state index in [2.05, 4.69) is 16.9 Å². The summed E-state index contributed by atoms with van der Waals surface area (Å²) in [5, 5.41) is 3.02. The van der Waals surface area contributed by atoms with Crippen molar-refractivity contribution in [1.82, 2.24) is 10.3 Å². The molecule has 3 rings (SSSR count). The third kappa shape index (κ3) is 4.61. The van der Waals surface area contributed by atoms with Crippen LogP contribution < -0.4 is 9.62 Å². The van der Waals surface area contributed by atoms with Gasteiger partial charge < -0.3 is 9.73 Å². The zero-order valence-corrected chi connectivity index (χ0v) is 18.4. The van der Waals surface area contributed by atoms with Crippen LogP contribution in [0.25, 0.3) is 22.4 Å². The number of rotatable bonds is 8. The molecule has 0 unspecified atom stereocenters. The van der Waals surface area contributed by atoms with Crippen molar-refractivity contribution in [3.8, 4) is 11.3 Å². The molecule has 0 saturated carbocycles. The van der Waals surface area contributed by atoms with Gasteiger partial charge in [0.25, 0.3) is 5.91 Å². The highest BCUT2D eigenvalue weighted by Crippen LogP contribution is 2.36. The van der Waals surface area contributed by atoms with Crippen LogP contribution in [0.2, 0.25) is 0 Å². The summed E-state index contributed by atoms with van der Waals surface area (Å²) < 4.78 is 45.4. The fraction of sp³-hybridized carbons (Fsp3) is 0.273. The quantitative estimate of drug-likeness (QED) is 0.417. The molecule has 0 radical (unpaired) electrons. The van der Waals surface area contributed by atoms with Crippen molar-refractivity contribution in [2.45, 2.75) is 19.8 Å². The Kier molecular flexibility index (Phi) is 6.45. The van der Waals surface area contributed by atoms with Gasteiger partial charge in [-0.25, -0.2) is 12.8 Å². The van der Waals surface area contributed by atoms with E-state index in [1.54, 1.807) is 19.1 Å². The van der Waals surface area contributed by atoms with E-state index < -0.39 is 21.7 Å². The van der Waals surface area contributed by atoms with Crippen molar-refractivity contribution in [2.24, 2.45) is 0 Å². The summed E-state index contributed by atoms with van der Waals surface area (Å²) in [6.07, 6.45) is 4.08. The van der Waals surface area contributed by atoms with E-state index in [0.717, 1.165) is 6.26 Å². The van der Waals surface area contributed by atoms with Gasteiger partial charge in [-0.05, 0) is 55.7 Å². The summed E-state index contributed by atoms with van der Waals surface area (Å²) >= 11 is 0. The number of hydrogen-bond acceptors (Lipinski definition) is 5. The minimum absolute atomic E-state index is 0.121. The number of allylic oxidation sites excluding steroid dienone is 1. The van der Waals surface area contributed by atoms with Crippen molar-refractivity contribution in [1.29, 1.82) is 0 Å². The second-order valence-corrected chi connectivity index (χ2v) is 9.05. The Morgan fingerprint density at radius 1 is 1.32 bits per heavy atom. The number of carbonyl (C=O) groups is 1.